The van der Waals surface area contributed by atoms with Crippen LogP contribution in [0, 0.1) is 13.8 Å². The van der Waals surface area contributed by atoms with Crippen LogP contribution in [0.4, 0.5) is 0 Å². The molecule has 1 aliphatic rings. The number of unbranched alkanes of at least 4 members (excludes halogenated alkanes) is 2. The molecule has 28 heavy (non-hydrogen) atoms. The molecule has 3 rings (SSSR count). The summed E-state index contributed by atoms with van der Waals surface area (Å²) in [5, 5.41) is 0. The first-order chi connectivity index (χ1) is 13.3. The van der Waals surface area contributed by atoms with Crippen molar-refractivity contribution in [2.45, 2.75) is 62.3 Å². The minimum atomic E-state index is -4.04. The van der Waals surface area contributed by atoms with Crippen LogP contribution in [0.15, 0.2) is 62.1 Å². The largest absolute Gasteiger partial charge is 0.291 e. The van der Waals surface area contributed by atoms with Crippen LogP contribution in [0.5, 0.6) is 0 Å². The number of hydrogen-bond acceptors (Lipinski definition) is 3. The minimum absolute atomic E-state index is 0.0716. The van der Waals surface area contributed by atoms with E-state index in [1.807, 2.05) is 26.0 Å². The highest BCUT2D eigenvalue weighted by molar-refractivity contribution is 8.02. The first-order valence-corrected chi connectivity index (χ1v) is 12.6. The molecule has 0 amide bonds. The molecule has 2 aromatic carbocycles. The number of hydrogen-bond donors (Lipinski definition) is 0. The van der Waals surface area contributed by atoms with E-state index < -0.39 is 19.9 Å². The molecule has 0 spiro atoms. The second-order valence-electron chi connectivity index (χ2n) is 7.42. The van der Waals surface area contributed by atoms with Crippen molar-refractivity contribution in [1.29, 1.82) is 0 Å². The summed E-state index contributed by atoms with van der Waals surface area (Å²) in [6.07, 6.45) is 4.20. The van der Waals surface area contributed by atoms with Gasteiger partial charge in [0.25, 0.3) is 10.0 Å². The lowest BCUT2D eigenvalue weighted by atomic mass is 10.2. The molecule has 1 fully saturated rings. The van der Waals surface area contributed by atoms with E-state index in [2.05, 4.69) is 10.7 Å². The number of aryl methyl sites for hydroxylation is 2. The molecule has 1 heterocycles. The standard InChI is InChI=1S/C21H28N2O3S2/c1-4-5-6-7-19-16-23(19)27(24,20-12-8-17(2)9-13-20)22-28(25,26)21-14-10-18(3)11-15-21/h8-15,19H,4-7,16H2,1-3H3/t19-,23?,27?/m0/s1. The zero-order chi connectivity index (χ0) is 20.4. The second-order valence-corrected chi connectivity index (χ2v) is 11.4. The van der Waals surface area contributed by atoms with Crippen LogP contribution in [-0.4, -0.2) is 29.5 Å². The molecule has 0 N–H and O–H groups in total. The summed E-state index contributed by atoms with van der Waals surface area (Å²) < 4.78 is 45.5. The number of rotatable bonds is 8. The number of nitrogens with zero attached hydrogens (tertiary/aromatic N) is 2. The summed E-state index contributed by atoms with van der Waals surface area (Å²) in [6.45, 7) is 6.59. The highest BCUT2D eigenvalue weighted by Crippen LogP contribution is 2.35. The van der Waals surface area contributed by atoms with Crippen LogP contribution >= 0.6 is 0 Å². The molecular formula is C21H28N2O3S2. The molecule has 0 saturated carbocycles. The fourth-order valence-corrected chi connectivity index (χ4v) is 7.37. The molecule has 2 aromatic rings. The Morgan fingerprint density at radius 3 is 1.96 bits per heavy atom. The smallest absolute Gasteiger partial charge is 0.227 e. The average Bonchev–Trinajstić information content (AvgIpc) is 3.43. The van der Waals surface area contributed by atoms with Crippen LogP contribution in [0.2, 0.25) is 0 Å². The van der Waals surface area contributed by atoms with Crippen molar-refractivity contribution in [2.75, 3.05) is 6.54 Å². The maximum Gasteiger partial charge on any atom is 0.291 e. The fourth-order valence-electron chi connectivity index (χ4n) is 3.15. The zero-order valence-electron chi connectivity index (χ0n) is 16.7. The zero-order valence-corrected chi connectivity index (χ0v) is 18.3. The Bertz CT molecular complexity index is 1040. The van der Waals surface area contributed by atoms with Gasteiger partial charge in [0, 0.05) is 12.6 Å². The maximum atomic E-state index is 13.9. The highest BCUT2D eigenvalue weighted by Gasteiger charge is 2.43. The van der Waals surface area contributed by atoms with Gasteiger partial charge in [-0.3, -0.25) is 0 Å². The van der Waals surface area contributed by atoms with Gasteiger partial charge in [0.15, 0.2) is 9.92 Å². The van der Waals surface area contributed by atoms with Crippen molar-refractivity contribution in [3.8, 4) is 0 Å². The van der Waals surface area contributed by atoms with Gasteiger partial charge >= 0.3 is 0 Å². The molecule has 0 aliphatic carbocycles. The molecule has 1 saturated heterocycles. The van der Waals surface area contributed by atoms with Gasteiger partial charge in [-0.05, 0) is 44.5 Å². The first-order valence-electron chi connectivity index (χ1n) is 9.70. The Kier molecular flexibility index (Phi) is 6.27. The van der Waals surface area contributed by atoms with E-state index in [1.165, 1.54) is 12.1 Å². The third-order valence-corrected chi connectivity index (χ3v) is 9.40. The lowest BCUT2D eigenvalue weighted by Crippen LogP contribution is -2.17. The third-order valence-electron chi connectivity index (χ3n) is 4.97. The minimum Gasteiger partial charge on any atom is -0.227 e. The predicted molar refractivity (Wildman–Crippen MR) is 113 cm³/mol. The Morgan fingerprint density at radius 2 is 1.43 bits per heavy atom. The van der Waals surface area contributed by atoms with Crippen LogP contribution in [0.3, 0.4) is 0 Å². The number of sulfonamides is 1. The van der Waals surface area contributed by atoms with E-state index in [-0.39, 0.29) is 10.9 Å². The van der Waals surface area contributed by atoms with Crippen LogP contribution in [-0.2, 0) is 19.9 Å². The van der Waals surface area contributed by atoms with Crippen LogP contribution < -0.4 is 0 Å². The summed E-state index contributed by atoms with van der Waals surface area (Å²) in [7, 11) is -7.26. The van der Waals surface area contributed by atoms with Crippen LogP contribution in [0.25, 0.3) is 0 Å². The van der Waals surface area contributed by atoms with E-state index >= 15 is 0 Å². The van der Waals surface area contributed by atoms with Gasteiger partial charge in [-0.2, -0.15) is 8.42 Å². The molecule has 1 aliphatic heterocycles. The summed E-state index contributed by atoms with van der Waals surface area (Å²) >= 11 is 0. The average molecular weight is 421 g/mol. The van der Waals surface area contributed by atoms with Crippen molar-refractivity contribution in [3.05, 3.63) is 59.7 Å². The van der Waals surface area contributed by atoms with Gasteiger partial charge in [0.05, 0.1) is 9.79 Å². The van der Waals surface area contributed by atoms with Gasteiger partial charge in [-0.15, -0.1) is 0 Å². The van der Waals surface area contributed by atoms with Gasteiger partial charge in [-0.25, -0.2) is 8.51 Å². The Labute approximate surface area is 169 Å². The molecule has 7 heteroatoms. The van der Waals surface area contributed by atoms with Crippen molar-refractivity contribution >= 4 is 19.9 Å². The molecule has 2 unspecified atom stereocenters. The highest BCUT2D eigenvalue weighted by atomic mass is 32.3. The summed E-state index contributed by atoms with van der Waals surface area (Å²) in [6, 6.07) is 13.8. The summed E-state index contributed by atoms with van der Waals surface area (Å²) in [5.41, 5.74) is 1.98. The van der Waals surface area contributed by atoms with Crippen molar-refractivity contribution in [2.24, 2.45) is 3.77 Å². The molecular weight excluding hydrogens is 392 g/mol. The van der Waals surface area contributed by atoms with Gasteiger partial charge in [-0.1, -0.05) is 65.3 Å². The molecule has 0 radical (unpaired) electrons. The summed E-state index contributed by atoms with van der Waals surface area (Å²) in [4.78, 5) is 0.522. The fraction of sp³-hybridized carbons (Fsp3) is 0.429. The lowest BCUT2D eigenvalue weighted by Gasteiger charge is -2.13. The summed E-state index contributed by atoms with van der Waals surface area (Å²) in [5.74, 6) is 0. The third kappa shape index (κ3) is 4.64. The first kappa shape index (κ1) is 21.0. The molecule has 0 bridgehead atoms. The van der Waals surface area contributed by atoms with Crippen molar-refractivity contribution in [1.82, 2.24) is 4.31 Å². The topological polar surface area (TPSA) is 66.6 Å². The van der Waals surface area contributed by atoms with Crippen LogP contribution in [0.1, 0.15) is 43.7 Å². The molecule has 0 aromatic heterocycles. The number of benzene rings is 2. The predicted octanol–water partition coefficient (Wildman–Crippen LogP) is 4.70. The Morgan fingerprint density at radius 1 is 0.893 bits per heavy atom. The molecule has 152 valence electrons. The SMILES string of the molecule is CCCCC[C@H]1CN1S(=O)(=NS(=O)(=O)c1ccc(C)cc1)c1ccc(C)cc1. The lowest BCUT2D eigenvalue weighted by molar-refractivity contribution is 0.589. The van der Waals surface area contributed by atoms with E-state index in [1.54, 1.807) is 28.6 Å². The molecule has 5 nitrogen and oxygen atoms in total. The second kappa shape index (κ2) is 8.35. The van der Waals surface area contributed by atoms with Gasteiger partial charge in [0.2, 0.25) is 0 Å². The van der Waals surface area contributed by atoms with E-state index in [0.29, 0.717) is 11.4 Å². The van der Waals surface area contributed by atoms with Gasteiger partial charge in [0.1, 0.15) is 0 Å². The Balaban J connectivity index is 2.02. The van der Waals surface area contributed by atoms with E-state index in [0.717, 1.165) is 36.8 Å². The normalized spacial score (nSPS) is 21.1. The Hall–Kier alpha value is -1.70. The van der Waals surface area contributed by atoms with Gasteiger partial charge < -0.3 is 0 Å². The van der Waals surface area contributed by atoms with Crippen molar-refractivity contribution < 1.29 is 12.6 Å². The van der Waals surface area contributed by atoms with Crippen molar-refractivity contribution in [3.63, 3.8) is 0 Å². The monoisotopic (exact) mass is 420 g/mol. The van der Waals surface area contributed by atoms with E-state index in [4.69, 9.17) is 0 Å². The quantitative estimate of drug-likeness (QED) is 0.459. The molecule has 3 atom stereocenters. The maximum absolute atomic E-state index is 13.9. The van der Waals surface area contributed by atoms with E-state index in [9.17, 15) is 12.6 Å².